The van der Waals surface area contributed by atoms with Crippen molar-refractivity contribution in [3.05, 3.63) is 12.2 Å². The predicted molar refractivity (Wildman–Crippen MR) is 40.5 cm³/mol. The number of primary amides is 1. The quantitative estimate of drug-likeness (QED) is 0.387. The molecule has 50 valence electrons. The van der Waals surface area contributed by atoms with Crippen molar-refractivity contribution in [3.8, 4) is 0 Å². The Morgan fingerprint density at radius 2 is 2.00 bits per heavy atom. The second kappa shape index (κ2) is 4.30. The van der Waals surface area contributed by atoms with Crippen LogP contribution in [0.25, 0.3) is 0 Å². The second-order valence-corrected chi connectivity index (χ2v) is 1.73. The normalized spacial score (nSPS) is 9.44. The van der Waals surface area contributed by atoms with Gasteiger partial charge >= 0.3 is 0 Å². The predicted octanol–water partition coefficient (Wildman–Crippen LogP) is -0.506. The number of hydrogen-bond donors (Lipinski definition) is 2. The van der Waals surface area contributed by atoms with Crippen molar-refractivity contribution < 1.29 is 9.59 Å². The largest absolute Gasteiger partial charge is 0.366 e. The van der Waals surface area contributed by atoms with Gasteiger partial charge in [-0.15, -0.1) is 0 Å². The Morgan fingerprint density at radius 1 is 1.44 bits per heavy atom. The molecule has 0 saturated carbocycles. The molecule has 0 aromatic heterocycles. The molecule has 0 aliphatic heterocycles. The van der Waals surface area contributed by atoms with E-state index in [-0.39, 0.29) is 5.91 Å². The van der Waals surface area contributed by atoms with Gasteiger partial charge < -0.3 is 5.73 Å². The molecule has 3 N–H and O–H groups in total. The summed E-state index contributed by atoms with van der Waals surface area (Å²) in [7, 11) is 0. The Balaban J connectivity index is 3.71. The van der Waals surface area contributed by atoms with Crippen LogP contribution < -0.4 is 9.26 Å². The molecule has 0 aromatic rings. The van der Waals surface area contributed by atoms with Crippen molar-refractivity contribution in [2.75, 3.05) is 0 Å². The summed E-state index contributed by atoms with van der Waals surface area (Å²) in [6.07, 6.45) is 2.06. The minimum Gasteiger partial charge on any atom is -0.366 e. The van der Waals surface area contributed by atoms with Crippen LogP contribution in [0.4, 0.5) is 0 Å². The van der Waals surface area contributed by atoms with Gasteiger partial charge in [0.25, 0.3) is 5.91 Å². The minimum atomic E-state index is -0.630. The molecule has 0 fully saturated rings. The summed E-state index contributed by atoms with van der Waals surface area (Å²) in [6.45, 7) is 0. The molecule has 0 aliphatic carbocycles. The lowest BCUT2D eigenvalue weighted by atomic mass is 10.5. The standard InChI is InChI=1S/C4H5IN2O2/c5-7-4(9)2-1-3(6)8/h1-2H,(H2,6,8)(H,7,9)/b2-1-. The molecule has 0 unspecified atom stereocenters. The molecule has 9 heavy (non-hydrogen) atoms. The molecule has 0 spiro atoms. The molecular formula is C4H5IN2O2. The maximum Gasteiger partial charge on any atom is 0.252 e. The van der Waals surface area contributed by atoms with Crippen LogP contribution in [0.3, 0.4) is 0 Å². The van der Waals surface area contributed by atoms with E-state index in [0.717, 1.165) is 12.2 Å². The van der Waals surface area contributed by atoms with Crippen molar-refractivity contribution in [2.24, 2.45) is 5.73 Å². The topological polar surface area (TPSA) is 72.2 Å². The van der Waals surface area contributed by atoms with Gasteiger partial charge in [0, 0.05) is 12.2 Å². The monoisotopic (exact) mass is 240 g/mol. The van der Waals surface area contributed by atoms with Crippen LogP contribution in [-0.4, -0.2) is 11.8 Å². The van der Waals surface area contributed by atoms with Crippen LogP contribution in [0, 0.1) is 0 Å². The summed E-state index contributed by atoms with van der Waals surface area (Å²) in [6, 6.07) is 0. The molecule has 0 saturated heterocycles. The van der Waals surface area contributed by atoms with Gasteiger partial charge in [0.2, 0.25) is 5.91 Å². The lowest BCUT2D eigenvalue weighted by molar-refractivity contribution is -0.116. The molecular weight excluding hydrogens is 235 g/mol. The van der Waals surface area contributed by atoms with E-state index in [4.69, 9.17) is 0 Å². The van der Waals surface area contributed by atoms with E-state index in [0.29, 0.717) is 0 Å². The fourth-order valence-electron chi connectivity index (χ4n) is 0.189. The third kappa shape index (κ3) is 5.28. The van der Waals surface area contributed by atoms with Crippen LogP contribution in [0.5, 0.6) is 0 Å². The summed E-state index contributed by atoms with van der Waals surface area (Å²) < 4.78 is 2.26. The average Bonchev–Trinajstić information content (AvgIpc) is 1.83. The zero-order valence-electron chi connectivity index (χ0n) is 4.43. The maximum atomic E-state index is 10.3. The van der Waals surface area contributed by atoms with Gasteiger partial charge in [-0.2, -0.15) is 0 Å². The molecule has 0 heterocycles. The summed E-state index contributed by atoms with van der Waals surface area (Å²) in [5, 5.41) is 0. The van der Waals surface area contributed by atoms with Crippen LogP contribution >= 0.6 is 22.9 Å². The molecule has 0 bridgehead atoms. The van der Waals surface area contributed by atoms with E-state index < -0.39 is 5.91 Å². The number of nitrogens with one attached hydrogen (secondary N) is 1. The minimum absolute atomic E-state index is 0.352. The number of rotatable bonds is 2. The highest BCUT2D eigenvalue weighted by molar-refractivity contribution is 14.1. The third-order valence-corrected chi connectivity index (χ3v) is 1.02. The highest BCUT2D eigenvalue weighted by Crippen LogP contribution is 1.75. The Bertz CT molecular complexity index is 155. The first-order valence-corrected chi connectivity index (χ1v) is 3.13. The molecule has 0 atom stereocenters. The number of amides is 2. The number of carbonyl (C=O) groups excluding carboxylic acids is 2. The van der Waals surface area contributed by atoms with Gasteiger partial charge in [-0.1, -0.05) is 0 Å². The Labute approximate surface area is 66.0 Å². The van der Waals surface area contributed by atoms with Crippen LogP contribution in [0.2, 0.25) is 0 Å². The van der Waals surface area contributed by atoms with Crippen molar-refractivity contribution in [1.82, 2.24) is 3.53 Å². The first kappa shape index (κ1) is 8.41. The second-order valence-electron chi connectivity index (χ2n) is 1.19. The SMILES string of the molecule is NC(=O)/C=C\C(=O)NI. The Morgan fingerprint density at radius 3 is 2.33 bits per heavy atom. The van der Waals surface area contributed by atoms with E-state index in [2.05, 4.69) is 9.26 Å². The molecule has 0 aliphatic rings. The van der Waals surface area contributed by atoms with Gasteiger partial charge in [-0.3, -0.25) is 13.1 Å². The van der Waals surface area contributed by atoms with E-state index in [1.807, 2.05) is 0 Å². The first-order valence-electron chi connectivity index (χ1n) is 2.05. The van der Waals surface area contributed by atoms with E-state index in [1.54, 1.807) is 22.9 Å². The summed E-state index contributed by atoms with van der Waals surface area (Å²) in [5.41, 5.74) is 4.69. The molecule has 5 heteroatoms. The molecule has 2 amide bonds. The van der Waals surface area contributed by atoms with Crippen LogP contribution in [0.1, 0.15) is 0 Å². The third-order valence-electron chi connectivity index (χ3n) is 0.492. The Kier molecular flexibility index (Phi) is 4.02. The molecule has 4 nitrogen and oxygen atoms in total. The van der Waals surface area contributed by atoms with Gasteiger partial charge in [0.05, 0.1) is 22.9 Å². The lowest BCUT2D eigenvalue weighted by Crippen LogP contribution is -2.11. The van der Waals surface area contributed by atoms with Crippen molar-refractivity contribution in [1.29, 1.82) is 0 Å². The smallest absolute Gasteiger partial charge is 0.252 e. The van der Waals surface area contributed by atoms with E-state index in [1.165, 1.54) is 0 Å². The van der Waals surface area contributed by atoms with Gasteiger partial charge in [0.15, 0.2) is 0 Å². The summed E-state index contributed by atoms with van der Waals surface area (Å²) >= 11 is 1.66. The van der Waals surface area contributed by atoms with Gasteiger partial charge in [-0.05, 0) is 0 Å². The van der Waals surface area contributed by atoms with Gasteiger partial charge in [0.1, 0.15) is 0 Å². The lowest BCUT2D eigenvalue weighted by Gasteiger charge is -1.83. The fraction of sp³-hybridized carbons (Fsp3) is 0. The zero-order valence-corrected chi connectivity index (χ0v) is 6.58. The molecule has 0 aromatic carbocycles. The number of nitrogens with two attached hydrogens (primary N) is 1. The van der Waals surface area contributed by atoms with Crippen molar-refractivity contribution in [3.63, 3.8) is 0 Å². The maximum absolute atomic E-state index is 10.3. The number of hydrogen-bond acceptors (Lipinski definition) is 2. The number of carbonyl (C=O) groups is 2. The average molecular weight is 240 g/mol. The highest BCUT2D eigenvalue weighted by atomic mass is 127. The van der Waals surface area contributed by atoms with Crippen LogP contribution in [-0.2, 0) is 9.59 Å². The first-order chi connectivity index (χ1) is 4.16. The summed E-state index contributed by atoms with van der Waals surface area (Å²) in [4.78, 5) is 20.3. The molecule has 0 rings (SSSR count). The Hall–Kier alpha value is -0.590. The number of halogens is 1. The van der Waals surface area contributed by atoms with Crippen molar-refractivity contribution >= 4 is 34.7 Å². The summed E-state index contributed by atoms with van der Waals surface area (Å²) in [5.74, 6) is -0.982. The zero-order chi connectivity index (χ0) is 7.28. The molecule has 0 radical (unpaired) electrons. The van der Waals surface area contributed by atoms with Crippen molar-refractivity contribution in [2.45, 2.75) is 0 Å². The van der Waals surface area contributed by atoms with Crippen LogP contribution in [0.15, 0.2) is 12.2 Å². The van der Waals surface area contributed by atoms with E-state index in [9.17, 15) is 9.59 Å². The fourth-order valence-corrected chi connectivity index (χ4v) is 0.369. The van der Waals surface area contributed by atoms with E-state index >= 15 is 0 Å². The van der Waals surface area contributed by atoms with Gasteiger partial charge in [-0.25, -0.2) is 0 Å². The highest BCUT2D eigenvalue weighted by Gasteiger charge is 1.89.